The molecule has 0 bridgehead atoms. The largest absolute Gasteiger partial charge is 0.376 e. The number of hydrogen-bond acceptors (Lipinski definition) is 2. The van der Waals surface area contributed by atoms with Gasteiger partial charge in [-0.3, -0.25) is 0 Å². The first kappa shape index (κ1) is 8.53. The van der Waals surface area contributed by atoms with Crippen LogP contribution in [0, 0.1) is 6.92 Å². The molecule has 13 heavy (non-hydrogen) atoms. The first-order valence-electron chi connectivity index (χ1n) is 3.95. The topological polar surface area (TPSA) is 38.0 Å². The van der Waals surface area contributed by atoms with Crippen LogP contribution in [-0.2, 0) is 6.73 Å². The standard InChI is InChI=1S/C9H9ClN2O/c1-6-11-8-3-2-7(10)4-9(8)12(6)5-13/h2-4,13H,5H2,1H3. The summed E-state index contributed by atoms with van der Waals surface area (Å²) in [4.78, 5) is 4.27. The molecule has 1 N–H and O–H groups in total. The maximum atomic E-state index is 9.08. The van der Waals surface area contributed by atoms with E-state index in [-0.39, 0.29) is 6.73 Å². The monoisotopic (exact) mass is 196 g/mol. The van der Waals surface area contributed by atoms with Gasteiger partial charge in [-0.15, -0.1) is 0 Å². The molecule has 0 atom stereocenters. The lowest BCUT2D eigenvalue weighted by molar-refractivity contribution is 0.212. The van der Waals surface area contributed by atoms with Crippen molar-refractivity contribution in [2.75, 3.05) is 0 Å². The molecule has 0 aliphatic heterocycles. The highest BCUT2D eigenvalue weighted by Gasteiger charge is 2.05. The molecule has 68 valence electrons. The second-order valence-corrected chi connectivity index (χ2v) is 3.30. The fourth-order valence-electron chi connectivity index (χ4n) is 1.39. The van der Waals surface area contributed by atoms with E-state index < -0.39 is 0 Å². The van der Waals surface area contributed by atoms with Gasteiger partial charge < -0.3 is 9.67 Å². The third-order valence-corrected chi connectivity index (χ3v) is 2.28. The number of hydrogen-bond donors (Lipinski definition) is 1. The van der Waals surface area contributed by atoms with Gasteiger partial charge in [0.15, 0.2) is 0 Å². The maximum Gasteiger partial charge on any atom is 0.121 e. The molecule has 1 aromatic heterocycles. The number of nitrogens with zero attached hydrogens (tertiary/aromatic N) is 2. The van der Waals surface area contributed by atoms with Gasteiger partial charge in [-0.2, -0.15) is 0 Å². The van der Waals surface area contributed by atoms with Crippen LogP contribution in [0.4, 0.5) is 0 Å². The fraction of sp³-hybridized carbons (Fsp3) is 0.222. The Kier molecular flexibility index (Phi) is 1.98. The highest BCUT2D eigenvalue weighted by Crippen LogP contribution is 2.19. The summed E-state index contributed by atoms with van der Waals surface area (Å²) in [7, 11) is 0. The Morgan fingerprint density at radius 3 is 3.00 bits per heavy atom. The molecule has 2 rings (SSSR count). The Morgan fingerprint density at radius 1 is 1.54 bits per heavy atom. The van der Waals surface area contributed by atoms with Crippen molar-refractivity contribution in [3.05, 3.63) is 29.0 Å². The van der Waals surface area contributed by atoms with Gasteiger partial charge in [-0.25, -0.2) is 4.98 Å². The predicted octanol–water partition coefficient (Wildman–Crippen LogP) is 1.95. The molecule has 0 unspecified atom stereocenters. The Labute approximate surface area is 80.6 Å². The normalized spacial score (nSPS) is 11.0. The molecule has 4 heteroatoms. The molecule has 0 amide bonds. The summed E-state index contributed by atoms with van der Waals surface area (Å²) in [5.41, 5.74) is 1.73. The molecule has 0 saturated heterocycles. The molecule has 2 aromatic rings. The van der Waals surface area contributed by atoms with Gasteiger partial charge in [-0.05, 0) is 25.1 Å². The fourth-order valence-corrected chi connectivity index (χ4v) is 1.56. The van der Waals surface area contributed by atoms with Crippen molar-refractivity contribution in [3.63, 3.8) is 0 Å². The van der Waals surface area contributed by atoms with Crippen molar-refractivity contribution in [1.29, 1.82) is 0 Å². The number of rotatable bonds is 1. The van der Waals surface area contributed by atoms with E-state index in [0.29, 0.717) is 5.02 Å². The van der Waals surface area contributed by atoms with E-state index in [1.54, 1.807) is 16.7 Å². The van der Waals surface area contributed by atoms with Crippen molar-refractivity contribution in [1.82, 2.24) is 9.55 Å². The van der Waals surface area contributed by atoms with Gasteiger partial charge >= 0.3 is 0 Å². The van der Waals surface area contributed by atoms with Gasteiger partial charge in [0, 0.05) is 5.02 Å². The molecule has 0 aliphatic rings. The number of fused-ring (bicyclic) bond motifs is 1. The lowest BCUT2D eigenvalue weighted by Crippen LogP contribution is -1.98. The average Bonchev–Trinajstić information content (AvgIpc) is 2.40. The SMILES string of the molecule is Cc1nc2ccc(Cl)cc2n1CO. The number of imidazole rings is 1. The second-order valence-electron chi connectivity index (χ2n) is 2.86. The minimum atomic E-state index is -0.0668. The van der Waals surface area contributed by atoms with E-state index >= 15 is 0 Å². The highest BCUT2D eigenvalue weighted by molar-refractivity contribution is 6.31. The van der Waals surface area contributed by atoms with Crippen LogP contribution in [0.1, 0.15) is 5.82 Å². The predicted molar refractivity (Wildman–Crippen MR) is 51.7 cm³/mol. The smallest absolute Gasteiger partial charge is 0.121 e. The van der Waals surface area contributed by atoms with E-state index in [1.165, 1.54) is 0 Å². The van der Waals surface area contributed by atoms with E-state index in [0.717, 1.165) is 16.9 Å². The Balaban J connectivity index is 2.80. The summed E-state index contributed by atoms with van der Waals surface area (Å²) >= 11 is 5.83. The first-order valence-corrected chi connectivity index (χ1v) is 4.33. The zero-order valence-electron chi connectivity index (χ0n) is 7.16. The van der Waals surface area contributed by atoms with Crippen LogP contribution in [-0.4, -0.2) is 14.7 Å². The third kappa shape index (κ3) is 1.30. The molecule has 0 saturated carbocycles. The van der Waals surface area contributed by atoms with Crippen LogP contribution >= 0.6 is 11.6 Å². The van der Waals surface area contributed by atoms with Gasteiger partial charge in [-0.1, -0.05) is 11.6 Å². The van der Waals surface area contributed by atoms with Crippen LogP contribution in [0.3, 0.4) is 0 Å². The molecule has 0 aliphatic carbocycles. The number of halogens is 1. The minimum Gasteiger partial charge on any atom is -0.376 e. The quantitative estimate of drug-likeness (QED) is 0.757. The molecule has 3 nitrogen and oxygen atoms in total. The van der Waals surface area contributed by atoms with Crippen LogP contribution in [0.5, 0.6) is 0 Å². The molecule has 0 fully saturated rings. The van der Waals surface area contributed by atoms with Crippen molar-refractivity contribution in [3.8, 4) is 0 Å². The van der Waals surface area contributed by atoms with Crippen LogP contribution in [0.25, 0.3) is 11.0 Å². The highest BCUT2D eigenvalue weighted by atomic mass is 35.5. The van der Waals surface area contributed by atoms with Crippen LogP contribution in [0.2, 0.25) is 5.02 Å². The van der Waals surface area contributed by atoms with Crippen molar-refractivity contribution >= 4 is 22.6 Å². The number of aliphatic hydroxyl groups is 1. The van der Waals surface area contributed by atoms with Crippen molar-refractivity contribution in [2.24, 2.45) is 0 Å². The van der Waals surface area contributed by atoms with Crippen LogP contribution < -0.4 is 0 Å². The number of aliphatic hydroxyl groups excluding tert-OH is 1. The Bertz CT molecular complexity index is 450. The summed E-state index contributed by atoms with van der Waals surface area (Å²) in [6, 6.07) is 5.43. The minimum absolute atomic E-state index is 0.0668. The van der Waals surface area contributed by atoms with Gasteiger partial charge in [0.2, 0.25) is 0 Å². The summed E-state index contributed by atoms with van der Waals surface area (Å²) in [6.45, 7) is 1.78. The van der Waals surface area contributed by atoms with E-state index in [2.05, 4.69) is 4.98 Å². The third-order valence-electron chi connectivity index (χ3n) is 2.04. The van der Waals surface area contributed by atoms with Crippen molar-refractivity contribution < 1.29 is 5.11 Å². The molecule has 1 aromatic carbocycles. The van der Waals surface area contributed by atoms with E-state index in [1.807, 2.05) is 13.0 Å². The first-order chi connectivity index (χ1) is 6.22. The molecule has 1 heterocycles. The summed E-state index contributed by atoms with van der Waals surface area (Å²) in [6.07, 6.45) is 0. The van der Waals surface area contributed by atoms with Gasteiger partial charge in [0.25, 0.3) is 0 Å². The van der Waals surface area contributed by atoms with E-state index in [4.69, 9.17) is 16.7 Å². The molecular formula is C9H9ClN2O. The van der Waals surface area contributed by atoms with Crippen LogP contribution in [0.15, 0.2) is 18.2 Å². The molecule has 0 spiro atoms. The summed E-state index contributed by atoms with van der Waals surface area (Å²) < 4.78 is 1.71. The lowest BCUT2D eigenvalue weighted by Gasteiger charge is -2.00. The average molecular weight is 197 g/mol. The number of aromatic nitrogens is 2. The summed E-state index contributed by atoms with van der Waals surface area (Å²) in [5.74, 6) is 0.791. The number of aryl methyl sites for hydroxylation is 1. The Morgan fingerprint density at radius 2 is 2.31 bits per heavy atom. The zero-order chi connectivity index (χ0) is 9.42. The Hall–Kier alpha value is -1.06. The molecular weight excluding hydrogens is 188 g/mol. The van der Waals surface area contributed by atoms with E-state index in [9.17, 15) is 0 Å². The zero-order valence-corrected chi connectivity index (χ0v) is 7.91. The maximum absolute atomic E-state index is 9.08. The van der Waals surface area contributed by atoms with Gasteiger partial charge in [0.1, 0.15) is 12.6 Å². The molecule has 0 radical (unpaired) electrons. The number of benzene rings is 1. The second kappa shape index (κ2) is 3.01. The van der Waals surface area contributed by atoms with Gasteiger partial charge in [0.05, 0.1) is 11.0 Å². The lowest BCUT2D eigenvalue weighted by atomic mass is 10.3. The van der Waals surface area contributed by atoms with Crippen molar-refractivity contribution in [2.45, 2.75) is 13.7 Å². The summed E-state index contributed by atoms with van der Waals surface area (Å²) in [5, 5.41) is 9.73.